The summed E-state index contributed by atoms with van der Waals surface area (Å²) in [6.45, 7) is 1.93. The molecule has 0 radical (unpaired) electrons. The second kappa shape index (κ2) is 4.47. The Hall–Kier alpha value is -1.65. The number of hydrogen-bond donors (Lipinski definition) is 2. The molecule has 1 heterocycles. The number of carboxylic acid groups (broad SMARTS) is 1. The van der Waals surface area contributed by atoms with Crippen LogP contribution in [0.2, 0.25) is 0 Å². The maximum atomic E-state index is 10.8. The number of aliphatic carboxylic acids is 1. The molecule has 2 atom stereocenters. The van der Waals surface area contributed by atoms with E-state index in [1.54, 1.807) is 12.4 Å². The average molecular weight is 221 g/mol. The molecule has 1 saturated carbocycles. The molecular formula is C11H15N3O2. The predicted octanol–water partition coefficient (Wildman–Crippen LogP) is 1.45. The van der Waals surface area contributed by atoms with Gasteiger partial charge in [-0.3, -0.25) is 4.79 Å². The van der Waals surface area contributed by atoms with Gasteiger partial charge < -0.3 is 10.4 Å². The van der Waals surface area contributed by atoms with E-state index < -0.39 is 5.97 Å². The Morgan fingerprint density at radius 2 is 2.12 bits per heavy atom. The molecule has 0 spiro atoms. The molecule has 2 rings (SSSR count). The molecule has 16 heavy (non-hydrogen) atoms. The minimum absolute atomic E-state index is 0.184. The van der Waals surface area contributed by atoms with Crippen molar-refractivity contribution in [3.63, 3.8) is 0 Å². The highest BCUT2D eigenvalue weighted by Crippen LogP contribution is 2.27. The number of carboxylic acids is 1. The van der Waals surface area contributed by atoms with Gasteiger partial charge in [0.1, 0.15) is 0 Å². The SMILES string of the molecule is Cc1cnc(N[C@H]2CC[C@@H](C(=O)O)C2)nc1. The number of anilines is 1. The fraction of sp³-hybridized carbons (Fsp3) is 0.545. The van der Waals surface area contributed by atoms with Crippen LogP contribution in [-0.4, -0.2) is 27.1 Å². The van der Waals surface area contributed by atoms with E-state index in [-0.39, 0.29) is 12.0 Å². The van der Waals surface area contributed by atoms with Crippen molar-refractivity contribution in [2.24, 2.45) is 5.92 Å². The Bertz CT molecular complexity index is 377. The van der Waals surface area contributed by atoms with E-state index in [2.05, 4.69) is 15.3 Å². The van der Waals surface area contributed by atoms with Gasteiger partial charge in [0.2, 0.25) is 5.95 Å². The fourth-order valence-corrected chi connectivity index (χ4v) is 1.99. The molecular weight excluding hydrogens is 206 g/mol. The normalized spacial score (nSPS) is 24.3. The van der Waals surface area contributed by atoms with Crippen LogP contribution >= 0.6 is 0 Å². The maximum Gasteiger partial charge on any atom is 0.306 e. The minimum atomic E-state index is -0.700. The molecule has 0 aromatic carbocycles. The molecule has 5 nitrogen and oxygen atoms in total. The number of nitrogens with one attached hydrogen (secondary N) is 1. The zero-order valence-corrected chi connectivity index (χ0v) is 9.18. The van der Waals surface area contributed by atoms with E-state index >= 15 is 0 Å². The number of carbonyl (C=O) groups is 1. The highest BCUT2D eigenvalue weighted by Gasteiger charge is 2.29. The van der Waals surface area contributed by atoms with Crippen LogP contribution < -0.4 is 5.32 Å². The van der Waals surface area contributed by atoms with Crippen LogP contribution in [0, 0.1) is 12.8 Å². The second-order valence-corrected chi connectivity index (χ2v) is 4.27. The molecule has 2 N–H and O–H groups in total. The summed E-state index contributed by atoms with van der Waals surface area (Å²) in [6, 6.07) is 0.184. The Kier molecular flexibility index (Phi) is 3.03. The van der Waals surface area contributed by atoms with E-state index in [0.29, 0.717) is 12.4 Å². The van der Waals surface area contributed by atoms with Crippen molar-refractivity contribution in [3.05, 3.63) is 18.0 Å². The van der Waals surface area contributed by atoms with E-state index in [9.17, 15) is 4.79 Å². The van der Waals surface area contributed by atoms with Crippen LogP contribution in [0.15, 0.2) is 12.4 Å². The Morgan fingerprint density at radius 3 is 2.69 bits per heavy atom. The van der Waals surface area contributed by atoms with Crippen LogP contribution in [0.3, 0.4) is 0 Å². The number of rotatable bonds is 3. The summed E-state index contributed by atoms with van der Waals surface area (Å²) in [5, 5.41) is 12.0. The average Bonchev–Trinajstić information content (AvgIpc) is 2.70. The van der Waals surface area contributed by atoms with E-state index in [1.807, 2.05) is 6.92 Å². The summed E-state index contributed by atoms with van der Waals surface area (Å²) in [4.78, 5) is 19.1. The Balaban J connectivity index is 1.92. The number of nitrogens with zero attached hydrogens (tertiary/aromatic N) is 2. The third-order valence-corrected chi connectivity index (χ3v) is 2.90. The van der Waals surface area contributed by atoms with Crippen LogP contribution in [0.5, 0.6) is 0 Å². The molecule has 0 saturated heterocycles. The Labute approximate surface area is 93.9 Å². The standard InChI is InChI=1S/C11H15N3O2/c1-7-5-12-11(13-6-7)14-9-3-2-8(4-9)10(15)16/h5-6,8-9H,2-4H2,1H3,(H,15,16)(H,12,13,14)/t8-,9+/m1/s1. The molecule has 0 bridgehead atoms. The predicted molar refractivity (Wildman–Crippen MR) is 59.2 cm³/mol. The summed E-state index contributed by atoms with van der Waals surface area (Å²) in [5.41, 5.74) is 1.01. The summed E-state index contributed by atoms with van der Waals surface area (Å²) < 4.78 is 0. The van der Waals surface area contributed by atoms with Gasteiger partial charge in [0.15, 0.2) is 0 Å². The van der Waals surface area contributed by atoms with Crippen molar-refractivity contribution >= 4 is 11.9 Å². The quantitative estimate of drug-likeness (QED) is 0.808. The molecule has 0 aliphatic heterocycles. The van der Waals surface area contributed by atoms with E-state index in [4.69, 9.17) is 5.11 Å². The topological polar surface area (TPSA) is 75.1 Å². The van der Waals surface area contributed by atoms with Crippen LogP contribution in [0.1, 0.15) is 24.8 Å². The zero-order valence-electron chi connectivity index (χ0n) is 9.18. The molecule has 5 heteroatoms. The van der Waals surface area contributed by atoms with Crippen LogP contribution in [-0.2, 0) is 4.79 Å². The lowest BCUT2D eigenvalue weighted by Gasteiger charge is -2.11. The molecule has 1 aromatic rings. The smallest absolute Gasteiger partial charge is 0.306 e. The first-order valence-electron chi connectivity index (χ1n) is 5.43. The monoisotopic (exact) mass is 221 g/mol. The minimum Gasteiger partial charge on any atom is -0.481 e. The zero-order chi connectivity index (χ0) is 11.5. The van der Waals surface area contributed by atoms with Gasteiger partial charge in [0.05, 0.1) is 5.92 Å². The first-order chi connectivity index (χ1) is 7.65. The van der Waals surface area contributed by atoms with Crippen LogP contribution in [0.25, 0.3) is 0 Å². The van der Waals surface area contributed by atoms with E-state index in [0.717, 1.165) is 18.4 Å². The summed E-state index contributed by atoms with van der Waals surface area (Å²) in [6.07, 6.45) is 5.76. The van der Waals surface area contributed by atoms with Gasteiger partial charge in [-0.15, -0.1) is 0 Å². The number of aryl methyl sites for hydroxylation is 1. The Morgan fingerprint density at radius 1 is 1.44 bits per heavy atom. The highest BCUT2D eigenvalue weighted by molar-refractivity contribution is 5.70. The molecule has 1 aromatic heterocycles. The van der Waals surface area contributed by atoms with Gasteiger partial charge in [-0.1, -0.05) is 0 Å². The molecule has 1 fully saturated rings. The molecule has 1 aliphatic carbocycles. The highest BCUT2D eigenvalue weighted by atomic mass is 16.4. The molecule has 0 unspecified atom stereocenters. The lowest BCUT2D eigenvalue weighted by molar-refractivity contribution is -0.141. The summed E-state index contributed by atoms with van der Waals surface area (Å²) in [7, 11) is 0. The lowest BCUT2D eigenvalue weighted by atomic mass is 10.1. The van der Waals surface area contributed by atoms with Crippen LogP contribution in [0.4, 0.5) is 5.95 Å². The van der Waals surface area contributed by atoms with Gasteiger partial charge in [-0.2, -0.15) is 0 Å². The van der Waals surface area contributed by atoms with Gasteiger partial charge >= 0.3 is 5.97 Å². The van der Waals surface area contributed by atoms with Gasteiger partial charge in [-0.25, -0.2) is 9.97 Å². The summed E-state index contributed by atoms with van der Waals surface area (Å²) >= 11 is 0. The second-order valence-electron chi connectivity index (χ2n) is 4.27. The first kappa shape index (κ1) is 10.9. The first-order valence-corrected chi connectivity index (χ1v) is 5.43. The maximum absolute atomic E-state index is 10.8. The van der Waals surface area contributed by atoms with Crippen molar-refractivity contribution in [3.8, 4) is 0 Å². The van der Waals surface area contributed by atoms with Crippen molar-refractivity contribution < 1.29 is 9.90 Å². The third-order valence-electron chi connectivity index (χ3n) is 2.90. The summed E-state index contributed by atoms with van der Waals surface area (Å²) in [5.74, 6) is -0.335. The van der Waals surface area contributed by atoms with Crippen molar-refractivity contribution in [1.82, 2.24) is 9.97 Å². The third kappa shape index (κ3) is 2.48. The van der Waals surface area contributed by atoms with Gasteiger partial charge in [0.25, 0.3) is 0 Å². The molecule has 86 valence electrons. The van der Waals surface area contributed by atoms with Gasteiger partial charge in [0, 0.05) is 18.4 Å². The number of aromatic nitrogens is 2. The lowest BCUT2D eigenvalue weighted by Crippen LogP contribution is -2.19. The van der Waals surface area contributed by atoms with Crippen molar-refractivity contribution in [1.29, 1.82) is 0 Å². The van der Waals surface area contributed by atoms with Crippen molar-refractivity contribution in [2.45, 2.75) is 32.2 Å². The van der Waals surface area contributed by atoms with E-state index in [1.165, 1.54) is 0 Å². The fourth-order valence-electron chi connectivity index (χ4n) is 1.99. The molecule has 0 amide bonds. The largest absolute Gasteiger partial charge is 0.481 e. The van der Waals surface area contributed by atoms with Gasteiger partial charge in [-0.05, 0) is 31.7 Å². The van der Waals surface area contributed by atoms with Crippen molar-refractivity contribution in [2.75, 3.05) is 5.32 Å². The molecule has 1 aliphatic rings. The number of hydrogen-bond acceptors (Lipinski definition) is 4.